The molecular weight excluding hydrogens is 309 g/mol. The van der Waals surface area contributed by atoms with Crippen molar-refractivity contribution in [2.45, 2.75) is 45.6 Å². The predicted molar refractivity (Wildman–Crippen MR) is 90.2 cm³/mol. The SMILES string of the molecule is Cc1cc(C(C)(O)CNC(=O)CC(C)c2ccccc2F)c(C)o1. The minimum Gasteiger partial charge on any atom is -0.466 e. The van der Waals surface area contributed by atoms with E-state index < -0.39 is 5.60 Å². The Morgan fingerprint density at radius 3 is 2.62 bits per heavy atom. The molecule has 0 saturated carbocycles. The molecule has 4 nitrogen and oxygen atoms in total. The van der Waals surface area contributed by atoms with E-state index in [0.29, 0.717) is 22.6 Å². The zero-order chi connectivity index (χ0) is 17.9. The lowest BCUT2D eigenvalue weighted by Crippen LogP contribution is -2.39. The highest BCUT2D eigenvalue weighted by Gasteiger charge is 2.28. The molecule has 0 saturated heterocycles. The van der Waals surface area contributed by atoms with E-state index in [1.807, 2.05) is 0 Å². The summed E-state index contributed by atoms with van der Waals surface area (Å²) in [6.45, 7) is 7.08. The van der Waals surface area contributed by atoms with Gasteiger partial charge in [0, 0.05) is 12.0 Å². The molecule has 0 aliphatic carbocycles. The van der Waals surface area contributed by atoms with Gasteiger partial charge in [0.2, 0.25) is 5.91 Å². The van der Waals surface area contributed by atoms with Gasteiger partial charge in [-0.25, -0.2) is 4.39 Å². The summed E-state index contributed by atoms with van der Waals surface area (Å²) in [5.74, 6) is 0.556. The number of nitrogens with one attached hydrogen (secondary N) is 1. The molecule has 0 aliphatic heterocycles. The van der Waals surface area contributed by atoms with Crippen molar-refractivity contribution in [1.82, 2.24) is 5.32 Å². The van der Waals surface area contributed by atoms with Gasteiger partial charge in [-0.15, -0.1) is 0 Å². The highest BCUT2D eigenvalue weighted by Crippen LogP contribution is 2.27. The van der Waals surface area contributed by atoms with Crippen molar-refractivity contribution in [3.05, 3.63) is 58.8 Å². The van der Waals surface area contributed by atoms with E-state index >= 15 is 0 Å². The monoisotopic (exact) mass is 333 g/mol. The Hall–Kier alpha value is -2.14. The first-order valence-corrected chi connectivity index (χ1v) is 8.01. The first-order valence-electron chi connectivity index (χ1n) is 8.01. The van der Waals surface area contributed by atoms with Crippen LogP contribution in [0.1, 0.15) is 48.8 Å². The van der Waals surface area contributed by atoms with E-state index in [1.54, 1.807) is 52.0 Å². The number of aliphatic hydroxyl groups is 1. The summed E-state index contributed by atoms with van der Waals surface area (Å²) >= 11 is 0. The standard InChI is InChI=1S/C19H24FNO3/c1-12(15-7-5-6-8-17(15)20)9-18(22)21-11-19(4,23)16-10-13(2)24-14(16)3/h5-8,10,12,23H,9,11H2,1-4H3,(H,21,22). The van der Waals surface area contributed by atoms with Crippen LogP contribution < -0.4 is 5.32 Å². The van der Waals surface area contributed by atoms with Gasteiger partial charge in [0.25, 0.3) is 0 Å². The van der Waals surface area contributed by atoms with Gasteiger partial charge >= 0.3 is 0 Å². The number of furan rings is 1. The Morgan fingerprint density at radius 2 is 2.04 bits per heavy atom. The second-order valence-corrected chi connectivity index (χ2v) is 6.50. The second-order valence-electron chi connectivity index (χ2n) is 6.50. The summed E-state index contributed by atoms with van der Waals surface area (Å²) in [5.41, 5.74) is -0.0539. The van der Waals surface area contributed by atoms with E-state index in [9.17, 15) is 14.3 Å². The molecule has 2 N–H and O–H groups in total. The highest BCUT2D eigenvalue weighted by molar-refractivity contribution is 5.77. The zero-order valence-corrected chi connectivity index (χ0v) is 14.5. The largest absolute Gasteiger partial charge is 0.466 e. The second kappa shape index (κ2) is 7.18. The predicted octanol–water partition coefficient (Wildman–Crippen LogP) is 3.55. The van der Waals surface area contributed by atoms with E-state index in [2.05, 4.69) is 5.32 Å². The van der Waals surface area contributed by atoms with Gasteiger partial charge in [0.05, 0.1) is 6.54 Å². The lowest BCUT2D eigenvalue weighted by Gasteiger charge is -2.24. The average molecular weight is 333 g/mol. The van der Waals surface area contributed by atoms with Crippen LogP contribution in [0.4, 0.5) is 4.39 Å². The highest BCUT2D eigenvalue weighted by atomic mass is 19.1. The molecule has 0 fully saturated rings. The molecule has 0 bridgehead atoms. The minimum atomic E-state index is -1.22. The molecule has 1 heterocycles. The van der Waals surface area contributed by atoms with Gasteiger partial charge in [-0.2, -0.15) is 0 Å². The third-order valence-corrected chi connectivity index (χ3v) is 4.18. The maximum Gasteiger partial charge on any atom is 0.220 e. The van der Waals surface area contributed by atoms with Gasteiger partial charge in [0.15, 0.2) is 0 Å². The zero-order valence-electron chi connectivity index (χ0n) is 14.5. The number of rotatable bonds is 6. The summed E-state index contributed by atoms with van der Waals surface area (Å²) in [6.07, 6.45) is 0.153. The van der Waals surface area contributed by atoms with Crippen molar-refractivity contribution in [2.75, 3.05) is 6.54 Å². The minimum absolute atomic E-state index is 0.0651. The molecule has 1 aromatic heterocycles. The summed E-state index contributed by atoms with van der Waals surface area (Å²) < 4.78 is 19.2. The van der Waals surface area contributed by atoms with E-state index in [1.165, 1.54) is 6.07 Å². The lowest BCUT2D eigenvalue weighted by molar-refractivity contribution is -0.122. The molecule has 0 aliphatic rings. The molecule has 2 rings (SSSR count). The number of halogens is 1. The summed E-state index contributed by atoms with van der Waals surface area (Å²) in [4.78, 5) is 12.1. The Labute approximate surface area is 141 Å². The van der Waals surface area contributed by atoms with Crippen LogP contribution in [-0.2, 0) is 10.4 Å². The van der Waals surface area contributed by atoms with Crippen molar-refractivity contribution >= 4 is 5.91 Å². The number of hydrogen-bond acceptors (Lipinski definition) is 3. The van der Waals surface area contributed by atoms with Crippen LogP contribution in [0.25, 0.3) is 0 Å². The van der Waals surface area contributed by atoms with Crippen LogP contribution in [0, 0.1) is 19.7 Å². The molecule has 0 radical (unpaired) electrons. The Morgan fingerprint density at radius 1 is 1.38 bits per heavy atom. The van der Waals surface area contributed by atoms with E-state index in [4.69, 9.17) is 4.42 Å². The number of benzene rings is 1. The van der Waals surface area contributed by atoms with E-state index in [-0.39, 0.29) is 30.6 Å². The molecule has 1 amide bonds. The average Bonchev–Trinajstić information content (AvgIpc) is 2.85. The lowest BCUT2D eigenvalue weighted by atomic mass is 9.95. The van der Waals surface area contributed by atoms with Crippen LogP contribution in [0.5, 0.6) is 0 Å². The first kappa shape index (κ1) is 18.2. The molecule has 0 spiro atoms. The van der Waals surface area contributed by atoms with Crippen LogP contribution in [0.15, 0.2) is 34.7 Å². The molecule has 24 heavy (non-hydrogen) atoms. The fraction of sp³-hybridized carbons (Fsp3) is 0.421. The van der Waals surface area contributed by atoms with Gasteiger partial charge in [-0.05, 0) is 44.4 Å². The smallest absolute Gasteiger partial charge is 0.220 e. The van der Waals surface area contributed by atoms with Crippen LogP contribution in [0.3, 0.4) is 0 Å². The molecule has 5 heteroatoms. The van der Waals surface area contributed by atoms with Crippen LogP contribution in [0.2, 0.25) is 0 Å². The maximum atomic E-state index is 13.8. The molecule has 2 atom stereocenters. The van der Waals surface area contributed by atoms with Crippen molar-refractivity contribution in [3.8, 4) is 0 Å². The van der Waals surface area contributed by atoms with Gasteiger partial charge < -0.3 is 14.8 Å². The molecule has 1 aromatic carbocycles. The number of carbonyl (C=O) groups is 1. The molecular formula is C19H24FNO3. The topological polar surface area (TPSA) is 62.5 Å². The first-order chi connectivity index (χ1) is 11.2. The fourth-order valence-corrected chi connectivity index (χ4v) is 2.87. The number of carbonyl (C=O) groups excluding carboxylic acids is 1. The summed E-state index contributed by atoms with van der Waals surface area (Å²) in [5, 5.41) is 13.3. The fourth-order valence-electron chi connectivity index (χ4n) is 2.87. The Bertz CT molecular complexity index is 721. The Kier molecular flexibility index (Phi) is 5.44. The number of amides is 1. The third kappa shape index (κ3) is 4.23. The quantitative estimate of drug-likeness (QED) is 0.850. The van der Waals surface area contributed by atoms with Gasteiger partial charge in [-0.3, -0.25) is 4.79 Å². The number of aryl methyl sites for hydroxylation is 2. The van der Waals surface area contributed by atoms with Crippen LogP contribution >= 0.6 is 0 Å². The van der Waals surface area contributed by atoms with Crippen molar-refractivity contribution in [1.29, 1.82) is 0 Å². The summed E-state index contributed by atoms with van der Waals surface area (Å²) in [7, 11) is 0. The van der Waals surface area contributed by atoms with Crippen molar-refractivity contribution < 1.29 is 18.7 Å². The van der Waals surface area contributed by atoms with Gasteiger partial charge in [0.1, 0.15) is 22.9 Å². The molecule has 2 unspecified atom stereocenters. The van der Waals surface area contributed by atoms with Crippen molar-refractivity contribution in [3.63, 3.8) is 0 Å². The molecule has 130 valence electrons. The van der Waals surface area contributed by atoms with E-state index in [0.717, 1.165) is 0 Å². The normalized spacial score (nSPS) is 14.9. The van der Waals surface area contributed by atoms with Crippen molar-refractivity contribution in [2.24, 2.45) is 0 Å². The van der Waals surface area contributed by atoms with Gasteiger partial charge in [-0.1, -0.05) is 25.1 Å². The van der Waals surface area contributed by atoms with Crippen LogP contribution in [-0.4, -0.2) is 17.6 Å². The summed E-state index contributed by atoms with van der Waals surface area (Å²) in [6, 6.07) is 8.21. The Balaban J connectivity index is 1.95. The number of hydrogen-bond donors (Lipinski definition) is 2. The maximum absolute atomic E-state index is 13.8. The third-order valence-electron chi connectivity index (χ3n) is 4.18. The molecule has 2 aromatic rings.